The SMILES string of the molecule is O=C(O)NC12CCC(NC(=O)COc3ccc(C(F)(F)F)c(F)c3)(CC1)C(O)C2. The Kier molecular flexibility index (Phi) is 5.37. The molecule has 4 rings (SSSR count). The third-order valence-corrected chi connectivity index (χ3v) is 5.70. The molecule has 7 nitrogen and oxygen atoms in total. The first-order valence-electron chi connectivity index (χ1n) is 8.95. The van der Waals surface area contributed by atoms with Gasteiger partial charge in [0.25, 0.3) is 5.91 Å². The number of amides is 2. The van der Waals surface area contributed by atoms with Crippen molar-refractivity contribution in [2.24, 2.45) is 0 Å². The molecule has 3 saturated carbocycles. The zero-order valence-corrected chi connectivity index (χ0v) is 15.2. The lowest BCUT2D eigenvalue weighted by atomic mass is 9.60. The molecule has 1 atom stereocenters. The van der Waals surface area contributed by atoms with E-state index < -0.39 is 53.3 Å². The first-order valence-corrected chi connectivity index (χ1v) is 8.95. The molecule has 0 saturated heterocycles. The Labute approximate surface area is 163 Å². The number of hydrogen-bond donors (Lipinski definition) is 4. The maximum Gasteiger partial charge on any atom is 0.419 e. The van der Waals surface area contributed by atoms with E-state index in [1.165, 1.54) is 0 Å². The summed E-state index contributed by atoms with van der Waals surface area (Å²) in [6.45, 7) is -0.572. The van der Waals surface area contributed by atoms with Crippen LogP contribution in [0.25, 0.3) is 0 Å². The lowest BCUT2D eigenvalue weighted by Gasteiger charge is -2.55. The number of ether oxygens (including phenoxy) is 1. The standard InChI is InChI=1S/C18H20F4N2O5/c19-12-7-10(1-2-11(12)18(20,21)22)29-9-14(26)23-17-5-3-16(4-6-17,8-13(17)25)24-15(27)28/h1-2,7,13,24-25H,3-6,8-9H2,(H,23,26)(H,27,28). The molecule has 0 aromatic heterocycles. The van der Waals surface area contributed by atoms with E-state index in [0.717, 1.165) is 6.07 Å². The lowest BCUT2D eigenvalue weighted by Crippen LogP contribution is -2.70. The minimum atomic E-state index is -4.83. The third-order valence-electron chi connectivity index (χ3n) is 5.70. The van der Waals surface area contributed by atoms with Crippen LogP contribution in [0.5, 0.6) is 5.75 Å². The number of carbonyl (C=O) groups excluding carboxylic acids is 1. The predicted octanol–water partition coefficient (Wildman–Crippen LogP) is 2.42. The minimum absolute atomic E-state index is 0.157. The molecule has 0 spiro atoms. The van der Waals surface area contributed by atoms with Crippen LogP contribution in [0.1, 0.15) is 37.7 Å². The number of rotatable bonds is 5. The zero-order chi connectivity index (χ0) is 21.4. The van der Waals surface area contributed by atoms with Crippen LogP contribution in [0.4, 0.5) is 22.4 Å². The van der Waals surface area contributed by atoms with Crippen LogP contribution in [0.3, 0.4) is 0 Å². The highest BCUT2D eigenvalue weighted by Crippen LogP contribution is 2.47. The number of aliphatic hydroxyl groups excluding tert-OH is 1. The van der Waals surface area contributed by atoms with Gasteiger partial charge in [-0.05, 0) is 44.2 Å². The van der Waals surface area contributed by atoms with Crippen molar-refractivity contribution in [1.29, 1.82) is 0 Å². The molecule has 2 amide bonds. The third kappa shape index (κ3) is 4.39. The van der Waals surface area contributed by atoms with Crippen LogP contribution in [-0.2, 0) is 11.0 Å². The van der Waals surface area contributed by atoms with Gasteiger partial charge < -0.3 is 25.6 Å². The summed E-state index contributed by atoms with van der Waals surface area (Å²) in [7, 11) is 0. The Morgan fingerprint density at radius 3 is 2.34 bits per heavy atom. The molecule has 11 heteroatoms. The summed E-state index contributed by atoms with van der Waals surface area (Å²) in [6, 6.07) is 2.00. The summed E-state index contributed by atoms with van der Waals surface area (Å²) in [5, 5.41) is 24.6. The molecule has 0 aliphatic heterocycles. The molecule has 1 aromatic carbocycles. The van der Waals surface area contributed by atoms with Crippen LogP contribution < -0.4 is 15.4 Å². The maximum atomic E-state index is 13.6. The van der Waals surface area contributed by atoms with Gasteiger partial charge in [-0.15, -0.1) is 0 Å². The summed E-state index contributed by atoms with van der Waals surface area (Å²) in [5.74, 6) is -2.36. The smallest absolute Gasteiger partial charge is 0.419 e. The van der Waals surface area contributed by atoms with E-state index in [0.29, 0.717) is 37.8 Å². The summed E-state index contributed by atoms with van der Waals surface area (Å²) < 4.78 is 56.3. The van der Waals surface area contributed by atoms with E-state index >= 15 is 0 Å². The largest absolute Gasteiger partial charge is 0.484 e. The van der Waals surface area contributed by atoms with Crippen molar-refractivity contribution in [2.45, 2.75) is 55.5 Å². The van der Waals surface area contributed by atoms with Gasteiger partial charge in [0.1, 0.15) is 11.6 Å². The Bertz CT molecular complexity index is 806. The van der Waals surface area contributed by atoms with Crippen molar-refractivity contribution >= 4 is 12.0 Å². The highest BCUT2D eigenvalue weighted by Gasteiger charge is 2.55. The van der Waals surface area contributed by atoms with Crippen LogP contribution in [-0.4, -0.2) is 46.0 Å². The molecular weight excluding hydrogens is 400 g/mol. The Morgan fingerprint density at radius 2 is 1.83 bits per heavy atom. The topological polar surface area (TPSA) is 108 Å². The molecule has 1 unspecified atom stereocenters. The average molecular weight is 420 g/mol. The number of hydrogen-bond acceptors (Lipinski definition) is 4. The van der Waals surface area contributed by atoms with Gasteiger partial charge in [-0.2, -0.15) is 13.2 Å². The molecule has 0 heterocycles. The molecule has 160 valence electrons. The number of halogens is 4. The van der Waals surface area contributed by atoms with Crippen LogP contribution in [0.2, 0.25) is 0 Å². The van der Waals surface area contributed by atoms with Crippen molar-refractivity contribution < 1.29 is 42.1 Å². The molecule has 3 fully saturated rings. The van der Waals surface area contributed by atoms with Crippen molar-refractivity contribution in [1.82, 2.24) is 10.6 Å². The normalized spacial score (nSPS) is 28.7. The van der Waals surface area contributed by atoms with Crippen LogP contribution in [0, 0.1) is 5.82 Å². The predicted molar refractivity (Wildman–Crippen MR) is 90.8 cm³/mol. The van der Waals surface area contributed by atoms with Gasteiger partial charge in [-0.25, -0.2) is 9.18 Å². The fraction of sp³-hybridized carbons (Fsp3) is 0.556. The van der Waals surface area contributed by atoms with Crippen LogP contribution in [0.15, 0.2) is 18.2 Å². The molecule has 29 heavy (non-hydrogen) atoms. The summed E-state index contributed by atoms with van der Waals surface area (Å²) in [4.78, 5) is 23.2. The van der Waals surface area contributed by atoms with Gasteiger partial charge in [0, 0.05) is 11.6 Å². The van der Waals surface area contributed by atoms with Gasteiger partial charge in [-0.3, -0.25) is 4.79 Å². The highest BCUT2D eigenvalue weighted by molar-refractivity contribution is 5.78. The maximum absolute atomic E-state index is 13.6. The van der Waals surface area contributed by atoms with Crippen molar-refractivity contribution in [3.8, 4) is 5.75 Å². The molecule has 3 aliphatic rings. The van der Waals surface area contributed by atoms with E-state index in [-0.39, 0.29) is 12.2 Å². The molecule has 3 aliphatic carbocycles. The quantitative estimate of drug-likeness (QED) is 0.548. The number of benzene rings is 1. The number of nitrogens with one attached hydrogen (secondary N) is 2. The second-order valence-corrected chi connectivity index (χ2v) is 7.56. The minimum Gasteiger partial charge on any atom is -0.484 e. The monoisotopic (exact) mass is 420 g/mol. The first kappa shape index (κ1) is 21.2. The molecular formula is C18H20F4N2O5. The van der Waals surface area contributed by atoms with E-state index in [1.807, 2.05) is 0 Å². The summed E-state index contributed by atoms with van der Waals surface area (Å²) in [6.07, 6.45) is -5.21. The number of alkyl halides is 3. The highest BCUT2D eigenvalue weighted by atomic mass is 19.4. The second-order valence-electron chi connectivity index (χ2n) is 7.56. The van der Waals surface area contributed by atoms with Gasteiger partial charge in [-0.1, -0.05) is 0 Å². The number of carbonyl (C=O) groups is 2. The summed E-state index contributed by atoms with van der Waals surface area (Å²) in [5.41, 5.74) is -3.07. The van der Waals surface area contributed by atoms with E-state index in [9.17, 15) is 32.3 Å². The molecule has 4 N–H and O–H groups in total. The van der Waals surface area contributed by atoms with Crippen LogP contribution >= 0.6 is 0 Å². The Balaban J connectivity index is 1.58. The lowest BCUT2D eigenvalue weighted by molar-refractivity contribution is -0.140. The van der Waals surface area contributed by atoms with Gasteiger partial charge >= 0.3 is 12.3 Å². The van der Waals surface area contributed by atoms with Gasteiger partial charge in [0.2, 0.25) is 0 Å². The number of carboxylic acid groups (broad SMARTS) is 1. The van der Waals surface area contributed by atoms with Gasteiger partial charge in [0.05, 0.1) is 17.2 Å². The first-order chi connectivity index (χ1) is 13.4. The fourth-order valence-electron chi connectivity index (χ4n) is 4.17. The van der Waals surface area contributed by atoms with Gasteiger partial charge in [0.15, 0.2) is 6.61 Å². The summed E-state index contributed by atoms with van der Waals surface area (Å²) >= 11 is 0. The Hall–Kier alpha value is -2.56. The number of aliphatic hydroxyl groups is 1. The fourth-order valence-corrected chi connectivity index (χ4v) is 4.17. The van der Waals surface area contributed by atoms with Crippen molar-refractivity contribution in [2.75, 3.05) is 6.61 Å². The van der Waals surface area contributed by atoms with E-state index in [4.69, 9.17) is 9.84 Å². The van der Waals surface area contributed by atoms with Crippen molar-refractivity contribution in [3.05, 3.63) is 29.6 Å². The molecule has 2 bridgehead atoms. The molecule has 0 radical (unpaired) electrons. The average Bonchev–Trinajstić information content (AvgIpc) is 2.60. The zero-order valence-electron chi connectivity index (χ0n) is 15.2. The van der Waals surface area contributed by atoms with Crippen molar-refractivity contribution in [3.63, 3.8) is 0 Å². The Morgan fingerprint density at radius 1 is 1.17 bits per heavy atom. The number of fused-ring (bicyclic) bond motifs is 3. The van der Waals surface area contributed by atoms with E-state index in [2.05, 4.69) is 10.6 Å². The molecule has 1 aromatic rings. The second kappa shape index (κ2) is 7.36. The van der Waals surface area contributed by atoms with E-state index in [1.54, 1.807) is 0 Å².